The summed E-state index contributed by atoms with van der Waals surface area (Å²) in [7, 11) is 1.64. The second-order valence-corrected chi connectivity index (χ2v) is 5.04. The average molecular weight is 271 g/mol. The Labute approximate surface area is 117 Å². The summed E-state index contributed by atoms with van der Waals surface area (Å²) in [5.41, 5.74) is 0.805. The molecular weight excluding hydrogens is 254 g/mol. The van der Waals surface area contributed by atoms with Crippen LogP contribution in [-0.2, 0) is 4.79 Å². The summed E-state index contributed by atoms with van der Waals surface area (Å²) in [5.74, 6) is 1.91. The van der Waals surface area contributed by atoms with Crippen molar-refractivity contribution in [3.05, 3.63) is 24.5 Å². The second kappa shape index (κ2) is 5.45. The molecule has 3 rings (SSSR count). The molecule has 1 aromatic heterocycles. The summed E-state index contributed by atoms with van der Waals surface area (Å²) >= 11 is 0. The number of carbonyl (C=O) groups is 1. The Morgan fingerprint density at radius 3 is 2.80 bits per heavy atom. The van der Waals surface area contributed by atoms with Crippen molar-refractivity contribution in [2.45, 2.75) is 31.7 Å². The lowest BCUT2D eigenvalue weighted by molar-refractivity contribution is -0.120. The third-order valence-electron chi connectivity index (χ3n) is 3.73. The van der Waals surface area contributed by atoms with E-state index < -0.39 is 0 Å². The van der Waals surface area contributed by atoms with Gasteiger partial charge in [-0.25, -0.2) is 9.97 Å². The number of para-hydroxylation sites is 1. The van der Waals surface area contributed by atoms with Gasteiger partial charge in [0.15, 0.2) is 0 Å². The van der Waals surface area contributed by atoms with Crippen molar-refractivity contribution < 1.29 is 9.53 Å². The predicted molar refractivity (Wildman–Crippen MR) is 77.0 cm³/mol. The van der Waals surface area contributed by atoms with E-state index in [0.717, 1.165) is 35.3 Å². The Hall–Kier alpha value is -2.17. The number of methoxy groups -OCH3 is 1. The van der Waals surface area contributed by atoms with Crippen LogP contribution in [0.4, 0.5) is 5.82 Å². The Kier molecular flexibility index (Phi) is 3.50. The van der Waals surface area contributed by atoms with Crippen LogP contribution in [0.5, 0.6) is 5.75 Å². The fourth-order valence-electron chi connectivity index (χ4n) is 2.62. The number of rotatable bonds is 3. The van der Waals surface area contributed by atoms with E-state index in [9.17, 15) is 4.79 Å². The minimum atomic E-state index is 0.303. The molecular formula is C15H17N3O2. The number of anilines is 1. The standard InChI is InChI=1S/C15H17N3O2/c1-20-13-4-2-3-12-14(13)16-9-17-15(12)18-10-5-7-11(19)8-6-10/h2-4,9-10H,5-8H2,1H3,(H,16,17,18). The van der Waals surface area contributed by atoms with Crippen LogP contribution in [0.2, 0.25) is 0 Å². The number of aromatic nitrogens is 2. The largest absolute Gasteiger partial charge is 0.494 e. The molecule has 1 saturated carbocycles. The number of Topliss-reactive ketones (excluding diaryl/α,β-unsaturated/α-hetero) is 1. The van der Waals surface area contributed by atoms with Crippen molar-refractivity contribution in [2.24, 2.45) is 0 Å². The van der Waals surface area contributed by atoms with E-state index >= 15 is 0 Å². The third kappa shape index (κ3) is 2.43. The minimum absolute atomic E-state index is 0.303. The maximum absolute atomic E-state index is 11.3. The van der Waals surface area contributed by atoms with Gasteiger partial charge in [0.2, 0.25) is 0 Å². The molecule has 5 heteroatoms. The van der Waals surface area contributed by atoms with Crippen molar-refractivity contribution in [3.8, 4) is 5.75 Å². The van der Waals surface area contributed by atoms with Gasteiger partial charge >= 0.3 is 0 Å². The van der Waals surface area contributed by atoms with Crippen LogP contribution in [0.25, 0.3) is 10.9 Å². The summed E-state index contributed by atoms with van der Waals surface area (Å²) in [4.78, 5) is 19.9. The summed E-state index contributed by atoms with van der Waals surface area (Å²) in [6.07, 6.45) is 4.60. The molecule has 1 heterocycles. The monoisotopic (exact) mass is 271 g/mol. The fraction of sp³-hybridized carbons (Fsp3) is 0.400. The fourth-order valence-corrected chi connectivity index (χ4v) is 2.62. The van der Waals surface area contributed by atoms with Gasteiger partial charge in [0.05, 0.1) is 7.11 Å². The van der Waals surface area contributed by atoms with Crippen molar-refractivity contribution in [2.75, 3.05) is 12.4 Å². The highest BCUT2D eigenvalue weighted by atomic mass is 16.5. The first-order chi connectivity index (χ1) is 9.78. The first kappa shape index (κ1) is 12.8. The highest BCUT2D eigenvalue weighted by Crippen LogP contribution is 2.28. The summed E-state index contributed by atoms with van der Waals surface area (Å²) < 4.78 is 5.32. The van der Waals surface area contributed by atoms with Crippen molar-refractivity contribution in [1.29, 1.82) is 0 Å². The van der Waals surface area contributed by atoms with E-state index in [0.29, 0.717) is 24.7 Å². The lowest BCUT2D eigenvalue weighted by Gasteiger charge is -2.23. The van der Waals surface area contributed by atoms with Crippen LogP contribution in [0.15, 0.2) is 24.5 Å². The van der Waals surface area contributed by atoms with Crippen LogP contribution in [0.1, 0.15) is 25.7 Å². The number of benzene rings is 1. The maximum atomic E-state index is 11.3. The van der Waals surface area contributed by atoms with E-state index in [1.165, 1.54) is 0 Å². The SMILES string of the molecule is COc1cccc2c(NC3CCC(=O)CC3)ncnc12. The van der Waals surface area contributed by atoms with Crippen LogP contribution < -0.4 is 10.1 Å². The Morgan fingerprint density at radius 2 is 2.05 bits per heavy atom. The van der Waals surface area contributed by atoms with E-state index in [4.69, 9.17) is 4.74 Å². The molecule has 20 heavy (non-hydrogen) atoms. The lowest BCUT2D eigenvalue weighted by Crippen LogP contribution is -2.26. The normalized spacial score (nSPS) is 16.4. The van der Waals surface area contributed by atoms with Crippen molar-refractivity contribution >= 4 is 22.5 Å². The van der Waals surface area contributed by atoms with Gasteiger partial charge in [-0.3, -0.25) is 4.79 Å². The van der Waals surface area contributed by atoms with Gasteiger partial charge in [0, 0.05) is 24.3 Å². The number of ketones is 1. The van der Waals surface area contributed by atoms with E-state index in [-0.39, 0.29) is 0 Å². The van der Waals surface area contributed by atoms with Crippen LogP contribution in [0.3, 0.4) is 0 Å². The highest BCUT2D eigenvalue weighted by Gasteiger charge is 2.19. The number of nitrogens with one attached hydrogen (secondary N) is 1. The Morgan fingerprint density at radius 1 is 1.25 bits per heavy atom. The molecule has 5 nitrogen and oxygen atoms in total. The Bertz CT molecular complexity index is 632. The lowest BCUT2D eigenvalue weighted by atomic mass is 9.94. The van der Waals surface area contributed by atoms with Crippen molar-refractivity contribution in [3.63, 3.8) is 0 Å². The van der Waals surface area contributed by atoms with Crippen molar-refractivity contribution in [1.82, 2.24) is 9.97 Å². The highest BCUT2D eigenvalue weighted by molar-refractivity contribution is 5.93. The number of hydrogen-bond acceptors (Lipinski definition) is 5. The van der Waals surface area contributed by atoms with Crippen LogP contribution in [0, 0.1) is 0 Å². The summed E-state index contributed by atoms with van der Waals surface area (Å²) in [5, 5.41) is 4.38. The van der Waals surface area contributed by atoms with E-state index in [2.05, 4.69) is 15.3 Å². The number of hydrogen-bond donors (Lipinski definition) is 1. The van der Waals surface area contributed by atoms with Gasteiger partial charge in [-0.15, -0.1) is 0 Å². The number of nitrogens with zero attached hydrogens (tertiary/aromatic N) is 2. The van der Waals surface area contributed by atoms with Gasteiger partial charge in [-0.2, -0.15) is 0 Å². The van der Waals surface area contributed by atoms with Gasteiger partial charge in [0.25, 0.3) is 0 Å². The molecule has 0 bridgehead atoms. The molecule has 2 aromatic rings. The zero-order valence-corrected chi connectivity index (χ0v) is 11.4. The molecule has 0 aliphatic heterocycles. The molecule has 0 saturated heterocycles. The van der Waals surface area contributed by atoms with Gasteiger partial charge in [-0.1, -0.05) is 6.07 Å². The zero-order valence-electron chi connectivity index (χ0n) is 11.4. The first-order valence-electron chi connectivity index (χ1n) is 6.84. The first-order valence-corrected chi connectivity index (χ1v) is 6.84. The second-order valence-electron chi connectivity index (χ2n) is 5.04. The third-order valence-corrected chi connectivity index (χ3v) is 3.73. The Balaban J connectivity index is 1.90. The maximum Gasteiger partial charge on any atom is 0.145 e. The quantitative estimate of drug-likeness (QED) is 0.929. The van der Waals surface area contributed by atoms with Gasteiger partial charge in [-0.05, 0) is 25.0 Å². The molecule has 1 aromatic carbocycles. The molecule has 104 valence electrons. The van der Waals surface area contributed by atoms with Gasteiger partial charge in [0.1, 0.15) is 29.2 Å². The number of ether oxygens (including phenoxy) is 1. The molecule has 1 N–H and O–H groups in total. The van der Waals surface area contributed by atoms with Crippen LogP contribution in [-0.4, -0.2) is 28.9 Å². The molecule has 0 radical (unpaired) electrons. The zero-order chi connectivity index (χ0) is 13.9. The molecule has 1 aliphatic rings. The van der Waals surface area contributed by atoms with Gasteiger partial charge < -0.3 is 10.1 Å². The molecule has 1 aliphatic carbocycles. The molecule has 0 atom stereocenters. The number of fused-ring (bicyclic) bond motifs is 1. The summed E-state index contributed by atoms with van der Waals surface area (Å²) in [6, 6.07) is 6.10. The van der Waals surface area contributed by atoms with Crippen LogP contribution >= 0.6 is 0 Å². The topological polar surface area (TPSA) is 64.1 Å². The molecule has 0 spiro atoms. The summed E-state index contributed by atoms with van der Waals surface area (Å²) in [6.45, 7) is 0. The molecule has 1 fully saturated rings. The molecule has 0 unspecified atom stereocenters. The van der Waals surface area contributed by atoms with E-state index in [1.54, 1.807) is 13.4 Å². The average Bonchev–Trinajstić information content (AvgIpc) is 2.49. The number of carbonyl (C=O) groups excluding carboxylic acids is 1. The van der Waals surface area contributed by atoms with E-state index in [1.807, 2.05) is 18.2 Å². The molecule has 0 amide bonds. The predicted octanol–water partition coefficient (Wildman–Crippen LogP) is 2.56. The minimum Gasteiger partial charge on any atom is -0.494 e. The smallest absolute Gasteiger partial charge is 0.145 e.